The van der Waals surface area contributed by atoms with Crippen LogP contribution in [0.15, 0.2) is 48.5 Å². The highest BCUT2D eigenvalue weighted by Gasteiger charge is 2.12. The second kappa shape index (κ2) is 7.89. The fourth-order valence-electron chi connectivity index (χ4n) is 2.13. The van der Waals surface area contributed by atoms with Gasteiger partial charge in [-0.2, -0.15) is 0 Å². The van der Waals surface area contributed by atoms with Crippen LogP contribution in [0.2, 0.25) is 0 Å². The molecule has 2 aromatic carbocycles. The molecule has 0 aliphatic carbocycles. The van der Waals surface area contributed by atoms with E-state index in [1.54, 1.807) is 7.11 Å². The van der Waals surface area contributed by atoms with Crippen LogP contribution in [0.1, 0.15) is 11.1 Å². The number of nitro groups is 1. The third kappa shape index (κ3) is 5.32. The zero-order valence-electron chi connectivity index (χ0n) is 13.1. The van der Waals surface area contributed by atoms with Gasteiger partial charge in [-0.1, -0.05) is 24.3 Å². The Hall–Kier alpha value is -2.45. The fraction of sp³-hybridized carbons (Fsp3) is 0.250. The Morgan fingerprint density at radius 2 is 1.62 bits per heavy atom. The van der Waals surface area contributed by atoms with Crippen LogP contribution in [0.3, 0.4) is 0 Å². The number of hydrogen-bond acceptors (Lipinski definition) is 5. The van der Waals surface area contributed by atoms with Crippen molar-refractivity contribution >= 4 is 15.7 Å². The number of ether oxygens (including phenoxy) is 1. The van der Waals surface area contributed by atoms with Crippen molar-refractivity contribution in [3.05, 3.63) is 69.8 Å². The average Bonchev–Trinajstić information content (AvgIpc) is 2.55. The second-order valence-electron chi connectivity index (χ2n) is 5.18. The monoisotopic (exact) mass is 350 g/mol. The number of nitrogens with one attached hydrogen (secondary N) is 1. The summed E-state index contributed by atoms with van der Waals surface area (Å²) in [6.45, 7) is 0.279. The molecule has 2 rings (SSSR count). The van der Waals surface area contributed by atoms with Gasteiger partial charge in [-0.25, -0.2) is 13.1 Å². The Balaban J connectivity index is 1.87. The van der Waals surface area contributed by atoms with E-state index >= 15 is 0 Å². The highest BCUT2D eigenvalue weighted by Crippen LogP contribution is 2.14. The first-order chi connectivity index (χ1) is 11.4. The molecule has 0 saturated carbocycles. The molecule has 0 fully saturated rings. The van der Waals surface area contributed by atoms with Crippen molar-refractivity contribution in [1.29, 1.82) is 0 Å². The number of nitrogens with zero attached hydrogens (tertiary/aromatic N) is 1. The minimum absolute atomic E-state index is 0.0661. The minimum Gasteiger partial charge on any atom is -0.497 e. The molecule has 0 spiro atoms. The maximum Gasteiger partial charge on any atom is 0.269 e. The molecular weight excluding hydrogens is 332 g/mol. The molecule has 2 aromatic rings. The van der Waals surface area contributed by atoms with Crippen LogP contribution < -0.4 is 9.46 Å². The quantitative estimate of drug-likeness (QED) is 0.582. The molecule has 0 aliphatic heterocycles. The lowest BCUT2D eigenvalue weighted by molar-refractivity contribution is -0.384. The van der Waals surface area contributed by atoms with Gasteiger partial charge in [-0.15, -0.1) is 0 Å². The lowest BCUT2D eigenvalue weighted by Gasteiger charge is -2.07. The molecule has 7 nitrogen and oxygen atoms in total. The summed E-state index contributed by atoms with van der Waals surface area (Å²) in [5, 5.41) is 10.6. The van der Waals surface area contributed by atoms with Crippen LogP contribution in [-0.4, -0.2) is 27.0 Å². The summed E-state index contributed by atoms with van der Waals surface area (Å²) in [4.78, 5) is 10.1. The van der Waals surface area contributed by atoms with E-state index in [1.165, 1.54) is 24.3 Å². The lowest BCUT2D eigenvalue weighted by atomic mass is 10.1. The number of non-ortho nitro benzene ring substituents is 1. The van der Waals surface area contributed by atoms with Crippen molar-refractivity contribution in [3.8, 4) is 5.75 Å². The molecule has 0 aromatic heterocycles. The van der Waals surface area contributed by atoms with Gasteiger partial charge in [-0.3, -0.25) is 10.1 Å². The molecule has 128 valence electrons. The SMILES string of the molecule is COc1ccc(CCNS(=O)(=O)Cc2ccc([N+](=O)[O-])cc2)cc1. The third-order valence-corrected chi connectivity index (χ3v) is 4.76. The number of nitro benzene ring substituents is 1. The Morgan fingerprint density at radius 3 is 2.17 bits per heavy atom. The molecule has 8 heteroatoms. The van der Waals surface area contributed by atoms with Crippen LogP contribution >= 0.6 is 0 Å². The van der Waals surface area contributed by atoms with E-state index < -0.39 is 14.9 Å². The molecule has 0 atom stereocenters. The predicted octanol–water partition coefficient (Wildman–Crippen LogP) is 2.27. The van der Waals surface area contributed by atoms with Crippen molar-refractivity contribution in [2.24, 2.45) is 0 Å². The van der Waals surface area contributed by atoms with Gasteiger partial charge in [0, 0.05) is 18.7 Å². The summed E-state index contributed by atoms with van der Waals surface area (Å²) in [5.41, 5.74) is 1.43. The summed E-state index contributed by atoms with van der Waals surface area (Å²) >= 11 is 0. The van der Waals surface area contributed by atoms with Crippen LogP contribution in [0.4, 0.5) is 5.69 Å². The lowest BCUT2D eigenvalue weighted by Crippen LogP contribution is -2.27. The zero-order valence-corrected chi connectivity index (χ0v) is 14.0. The van der Waals surface area contributed by atoms with E-state index in [-0.39, 0.29) is 18.0 Å². The zero-order chi connectivity index (χ0) is 17.6. The van der Waals surface area contributed by atoms with Gasteiger partial charge in [0.05, 0.1) is 17.8 Å². The number of rotatable bonds is 8. The van der Waals surface area contributed by atoms with Crippen molar-refractivity contribution in [2.75, 3.05) is 13.7 Å². The Morgan fingerprint density at radius 1 is 1.04 bits per heavy atom. The second-order valence-corrected chi connectivity index (χ2v) is 6.98. The van der Waals surface area contributed by atoms with Gasteiger partial charge in [0.25, 0.3) is 5.69 Å². The molecule has 0 aliphatic rings. The Kier molecular flexibility index (Phi) is 5.88. The summed E-state index contributed by atoms with van der Waals surface area (Å²) in [7, 11) is -1.91. The van der Waals surface area contributed by atoms with Crippen molar-refractivity contribution in [3.63, 3.8) is 0 Å². The molecule has 24 heavy (non-hydrogen) atoms. The summed E-state index contributed by atoms with van der Waals surface area (Å²) in [6, 6.07) is 12.9. The molecule has 0 amide bonds. The van der Waals surface area contributed by atoms with E-state index in [2.05, 4.69) is 4.72 Å². The first-order valence-corrected chi connectivity index (χ1v) is 8.88. The van der Waals surface area contributed by atoms with Gasteiger partial charge in [0.1, 0.15) is 5.75 Å². The molecule has 0 unspecified atom stereocenters. The molecule has 0 radical (unpaired) electrons. The topological polar surface area (TPSA) is 98.5 Å². The summed E-state index contributed by atoms with van der Waals surface area (Å²) < 4.78 is 31.7. The molecule has 1 N–H and O–H groups in total. The normalized spacial score (nSPS) is 11.2. The van der Waals surface area contributed by atoms with E-state index in [0.29, 0.717) is 12.0 Å². The fourth-order valence-corrected chi connectivity index (χ4v) is 3.27. The van der Waals surface area contributed by atoms with Crippen LogP contribution in [0.25, 0.3) is 0 Å². The van der Waals surface area contributed by atoms with Crippen LogP contribution in [0.5, 0.6) is 5.75 Å². The van der Waals surface area contributed by atoms with E-state index in [0.717, 1.165) is 11.3 Å². The van der Waals surface area contributed by atoms with Gasteiger partial charge in [0.2, 0.25) is 10.0 Å². The standard InChI is InChI=1S/C16H18N2O5S/c1-23-16-8-4-13(5-9-16)10-11-17-24(21,22)12-14-2-6-15(7-3-14)18(19)20/h2-9,17H,10-12H2,1H3. The molecule has 0 bridgehead atoms. The van der Waals surface area contributed by atoms with Crippen LogP contribution in [0, 0.1) is 10.1 Å². The first-order valence-electron chi connectivity index (χ1n) is 7.23. The summed E-state index contributed by atoms with van der Waals surface area (Å²) in [6.07, 6.45) is 0.559. The minimum atomic E-state index is -3.50. The molecular formula is C16H18N2O5S. The van der Waals surface area contributed by atoms with Gasteiger partial charge in [0.15, 0.2) is 0 Å². The van der Waals surface area contributed by atoms with E-state index in [4.69, 9.17) is 4.74 Å². The van der Waals surface area contributed by atoms with Gasteiger partial charge in [-0.05, 0) is 29.7 Å². The van der Waals surface area contributed by atoms with Crippen molar-refractivity contribution < 1.29 is 18.1 Å². The Labute approximate surface area is 140 Å². The maximum atomic E-state index is 12.0. The highest BCUT2D eigenvalue weighted by atomic mass is 32.2. The van der Waals surface area contributed by atoms with E-state index in [9.17, 15) is 18.5 Å². The van der Waals surface area contributed by atoms with Crippen LogP contribution in [-0.2, 0) is 22.2 Å². The van der Waals surface area contributed by atoms with Crippen molar-refractivity contribution in [2.45, 2.75) is 12.2 Å². The maximum absolute atomic E-state index is 12.0. The van der Waals surface area contributed by atoms with Gasteiger partial charge < -0.3 is 4.74 Å². The first kappa shape index (κ1) is 17.9. The number of hydrogen-bond donors (Lipinski definition) is 1. The van der Waals surface area contributed by atoms with Gasteiger partial charge >= 0.3 is 0 Å². The largest absolute Gasteiger partial charge is 0.497 e. The molecule has 0 saturated heterocycles. The smallest absolute Gasteiger partial charge is 0.269 e. The summed E-state index contributed by atoms with van der Waals surface area (Å²) in [5.74, 6) is 0.533. The highest BCUT2D eigenvalue weighted by molar-refractivity contribution is 7.88. The number of methoxy groups -OCH3 is 1. The predicted molar refractivity (Wildman–Crippen MR) is 90.4 cm³/mol. The number of benzene rings is 2. The van der Waals surface area contributed by atoms with Crippen molar-refractivity contribution in [1.82, 2.24) is 4.72 Å². The number of sulfonamides is 1. The third-order valence-electron chi connectivity index (χ3n) is 3.40. The average molecular weight is 350 g/mol. The molecule has 0 heterocycles. The Bertz CT molecular complexity index is 786. The van der Waals surface area contributed by atoms with E-state index in [1.807, 2.05) is 24.3 Å².